The Morgan fingerprint density at radius 3 is 2.04 bits per heavy atom. The highest BCUT2D eigenvalue weighted by atomic mass is 35.5. The molecule has 4 N–H and O–H groups in total. The molecule has 0 saturated heterocycles. The van der Waals surface area contributed by atoms with Crippen molar-refractivity contribution in [2.45, 2.75) is 61.5 Å². The summed E-state index contributed by atoms with van der Waals surface area (Å²) in [6, 6.07) is 6.55. The predicted octanol–water partition coefficient (Wildman–Crippen LogP) is 1.55. The van der Waals surface area contributed by atoms with Gasteiger partial charge in [0, 0.05) is 23.7 Å². The van der Waals surface area contributed by atoms with Crippen LogP contribution < -0.4 is 15.8 Å². The SMILES string of the molecule is Cl.NC1CCC(NC(=O)c2ccc(S(=O)(=O)NC3CC3)cc2)CC1. The number of rotatable bonds is 5. The van der Waals surface area contributed by atoms with Crippen LogP contribution in [0.15, 0.2) is 29.2 Å². The number of nitrogens with one attached hydrogen (secondary N) is 2. The first-order chi connectivity index (χ1) is 10.9. The van der Waals surface area contributed by atoms with E-state index in [1.165, 1.54) is 12.1 Å². The zero-order chi connectivity index (χ0) is 16.4. The average Bonchev–Trinajstić information content (AvgIpc) is 3.33. The molecule has 2 fully saturated rings. The lowest BCUT2D eigenvalue weighted by Gasteiger charge is -2.26. The van der Waals surface area contributed by atoms with Crippen molar-refractivity contribution in [1.29, 1.82) is 0 Å². The molecule has 0 bridgehead atoms. The Hall–Kier alpha value is -1.15. The second-order valence-corrected chi connectivity index (χ2v) is 8.22. The van der Waals surface area contributed by atoms with Gasteiger partial charge in [-0.1, -0.05) is 0 Å². The van der Waals surface area contributed by atoms with Crippen LogP contribution in [0.4, 0.5) is 0 Å². The van der Waals surface area contributed by atoms with Crippen molar-refractivity contribution in [3.8, 4) is 0 Å². The molecule has 1 aromatic carbocycles. The van der Waals surface area contributed by atoms with Crippen molar-refractivity contribution in [2.24, 2.45) is 5.73 Å². The summed E-state index contributed by atoms with van der Waals surface area (Å²) >= 11 is 0. The van der Waals surface area contributed by atoms with E-state index in [4.69, 9.17) is 5.73 Å². The van der Waals surface area contributed by atoms with E-state index < -0.39 is 10.0 Å². The molecule has 2 aliphatic carbocycles. The first-order valence-electron chi connectivity index (χ1n) is 8.13. The fraction of sp³-hybridized carbons (Fsp3) is 0.562. The molecule has 0 radical (unpaired) electrons. The van der Waals surface area contributed by atoms with Crippen molar-refractivity contribution in [3.63, 3.8) is 0 Å². The highest BCUT2D eigenvalue weighted by Crippen LogP contribution is 2.22. The number of hydrogen-bond acceptors (Lipinski definition) is 4. The highest BCUT2D eigenvalue weighted by Gasteiger charge is 2.28. The van der Waals surface area contributed by atoms with Gasteiger partial charge in [-0.25, -0.2) is 13.1 Å². The van der Waals surface area contributed by atoms with Gasteiger partial charge in [-0.05, 0) is 62.8 Å². The first-order valence-corrected chi connectivity index (χ1v) is 9.61. The lowest BCUT2D eigenvalue weighted by atomic mass is 9.91. The Labute approximate surface area is 149 Å². The largest absolute Gasteiger partial charge is 0.349 e. The van der Waals surface area contributed by atoms with E-state index in [0.29, 0.717) is 5.56 Å². The van der Waals surface area contributed by atoms with Gasteiger partial charge >= 0.3 is 0 Å². The zero-order valence-corrected chi connectivity index (χ0v) is 15.0. The molecule has 24 heavy (non-hydrogen) atoms. The molecule has 3 rings (SSSR count). The van der Waals surface area contributed by atoms with Crippen LogP contribution in [0.25, 0.3) is 0 Å². The third-order valence-electron chi connectivity index (χ3n) is 4.43. The Morgan fingerprint density at radius 1 is 0.958 bits per heavy atom. The molecule has 6 nitrogen and oxygen atoms in total. The average molecular weight is 374 g/mol. The number of hydrogen-bond donors (Lipinski definition) is 3. The number of carbonyl (C=O) groups is 1. The number of halogens is 1. The van der Waals surface area contributed by atoms with Crippen LogP contribution in [0, 0.1) is 0 Å². The fourth-order valence-electron chi connectivity index (χ4n) is 2.81. The second-order valence-electron chi connectivity index (χ2n) is 6.51. The van der Waals surface area contributed by atoms with Crippen molar-refractivity contribution in [3.05, 3.63) is 29.8 Å². The summed E-state index contributed by atoms with van der Waals surface area (Å²) in [7, 11) is -3.47. The maximum Gasteiger partial charge on any atom is 0.251 e. The second kappa shape index (κ2) is 7.82. The lowest BCUT2D eigenvalue weighted by Crippen LogP contribution is -2.40. The number of benzene rings is 1. The van der Waals surface area contributed by atoms with E-state index >= 15 is 0 Å². The molecule has 8 heteroatoms. The summed E-state index contributed by atoms with van der Waals surface area (Å²) < 4.78 is 26.8. The van der Waals surface area contributed by atoms with Crippen molar-refractivity contribution in [1.82, 2.24) is 10.0 Å². The van der Waals surface area contributed by atoms with Crippen molar-refractivity contribution < 1.29 is 13.2 Å². The molecular weight excluding hydrogens is 350 g/mol. The molecule has 0 atom stereocenters. The van der Waals surface area contributed by atoms with Gasteiger partial charge in [-0.15, -0.1) is 12.4 Å². The number of sulfonamides is 1. The quantitative estimate of drug-likeness (QED) is 0.728. The highest BCUT2D eigenvalue weighted by molar-refractivity contribution is 7.89. The number of nitrogens with two attached hydrogens (primary N) is 1. The molecule has 0 aromatic heterocycles. The zero-order valence-electron chi connectivity index (χ0n) is 13.4. The maximum absolute atomic E-state index is 12.2. The monoisotopic (exact) mass is 373 g/mol. The van der Waals surface area contributed by atoms with Crippen LogP contribution in [-0.4, -0.2) is 32.5 Å². The summed E-state index contributed by atoms with van der Waals surface area (Å²) in [6.07, 6.45) is 5.43. The van der Waals surface area contributed by atoms with Gasteiger partial charge in [0.1, 0.15) is 0 Å². The van der Waals surface area contributed by atoms with E-state index in [2.05, 4.69) is 10.0 Å². The lowest BCUT2D eigenvalue weighted by molar-refractivity contribution is 0.0926. The van der Waals surface area contributed by atoms with Crippen molar-refractivity contribution >= 4 is 28.3 Å². The Bertz CT molecular complexity index is 666. The van der Waals surface area contributed by atoms with Gasteiger partial charge < -0.3 is 11.1 Å². The molecule has 2 saturated carbocycles. The minimum absolute atomic E-state index is 0. The first kappa shape index (κ1) is 19.2. The van der Waals surface area contributed by atoms with Crippen LogP contribution in [0.2, 0.25) is 0 Å². The molecule has 134 valence electrons. The smallest absolute Gasteiger partial charge is 0.251 e. The molecule has 0 spiro atoms. The topological polar surface area (TPSA) is 101 Å². The molecule has 1 aromatic rings. The van der Waals surface area contributed by atoms with E-state index in [-0.39, 0.29) is 41.3 Å². The van der Waals surface area contributed by atoms with Crippen LogP contribution in [0.3, 0.4) is 0 Å². The Balaban J connectivity index is 0.00000208. The minimum Gasteiger partial charge on any atom is -0.349 e. The van der Waals surface area contributed by atoms with E-state index in [1.807, 2.05) is 0 Å². The number of amides is 1. The molecule has 1 amide bonds. The third kappa shape index (κ3) is 4.92. The summed E-state index contributed by atoms with van der Waals surface area (Å²) in [5.74, 6) is -0.162. The Kier molecular flexibility index (Phi) is 6.25. The van der Waals surface area contributed by atoms with Crippen LogP contribution in [0.1, 0.15) is 48.9 Å². The van der Waals surface area contributed by atoms with E-state index in [0.717, 1.165) is 38.5 Å². The molecule has 0 heterocycles. The minimum atomic E-state index is -3.47. The van der Waals surface area contributed by atoms with E-state index in [9.17, 15) is 13.2 Å². The molecule has 0 aliphatic heterocycles. The van der Waals surface area contributed by atoms with Crippen LogP contribution in [-0.2, 0) is 10.0 Å². The van der Waals surface area contributed by atoms with Gasteiger partial charge in [0.2, 0.25) is 10.0 Å². The van der Waals surface area contributed by atoms with Crippen molar-refractivity contribution in [2.75, 3.05) is 0 Å². The Morgan fingerprint density at radius 2 is 1.50 bits per heavy atom. The maximum atomic E-state index is 12.2. The molecule has 0 unspecified atom stereocenters. The summed E-state index contributed by atoms with van der Waals surface area (Å²) in [5, 5.41) is 3.00. The normalized spacial score (nSPS) is 24.0. The van der Waals surface area contributed by atoms with Gasteiger partial charge in [-0.3, -0.25) is 4.79 Å². The summed E-state index contributed by atoms with van der Waals surface area (Å²) in [6.45, 7) is 0. The van der Waals surface area contributed by atoms with Gasteiger partial charge in [0.15, 0.2) is 0 Å². The molecular formula is C16H24ClN3O3S. The fourth-order valence-corrected chi connectivity index (χ4v) is 4.11. The summed E-state index contributed by atoms with van der Waals surface area (Å²) in [4.78, 5) is 12.4. The van der Waals surface area contributed by atoms with Crippen LogP contribution in [0.5, 0.6) is 0 Å². The molecule has 2 aliphatic rings. The standard InChI is InChI=1S/C16H23N3O3S.ClH/c17-12-3-5-13(6-4-12)18-16(20)11-1-9-15(10-2-11)23(21,22)19-14-7-8-14;/h1-2,9-10,12-14,19H,3-8,17H2,(H,18,20);1H. The third-order valence-corrected chi connectivity index (χ3v) is 5.97. The van der Waals surface area contributed by atoms with Gasteiger partial charge in [-0.2, -0.15) is 0 Å². The van der Waals surface area contributed by atoms with Gasteiger partial charge in [0.05, 0.1) is 4.90 Å². The predicted molar refractivity (Wildman–Crippen MR) is 94.7 cm³/mol. The van der Waals surface area contributed by atoms with Crippen LogP contribution >= 0.6 is 12.4 Å². The number of carbonyl (C=O) groups excluding carboxylic acids is 1. The van der Waals surface area contributed by atoms with Gasteiger partial charge in [0.25, 0.3) is 5.91 Å². The summed E-state index contributed by atoms with van der Waals surface area (Å²) in [5.41, 5.74) is 6.34. The van der Waals surface area contributed by atoms with E-state index in [1.54, 1.807) is 12.1 Å².